The Balaban J connectivity index is 1.65. The van der Waals surface area contributed by atoms with Crippen molar-refractivity contribution in [2.24, 2.45) is 0 Å². The second-order valence-electron chi connectivity index (χ2n) is 4.47. The summed E-state index contributed by atoms with van der Waals surface area (Å²) in [6.07, 6.45) is 6.39. The van der Waals surface area contributed by atoms with Gasteiger partial charge in [0.2, 0.25) is 5.88 Å². The predicted molar refractivity (Wildman–Crippen MR) is 74.7 cm³/mol. The summed E-state index contributed by atoms with van der Waals surface area (Å²) >= 11 is 6.05. The van der Waals surface area contributed by atoms with E-state index >= 15 is 0 Å². The van der Waals surface area contributed by atoms with E-state index in [1.807, 2.05) is 12.1 Å². The number of ether oxygens (including phenoxy) is 1. The maximum absolute atomic E-state index is 6.05. The summed E-state index contributed by atoms with van der Waals surface area (Å²) in [6.45, 7) is 1.82. The molecule has 0 bridgehead atoms. The molecule has 3 heterocycles. The summed E-state index contributed by atoms with van der Waals surface area (Å²) < 4.78 is 5.86. The zero-order valence-corrected chi connectivity index (χ0v) is 11.1. The first-order valence-corrected chi connectivity index (χ1v) is 6.63. The van der Waals surface area contributed by atoms with Crippen LogP contribution in [0.4, 0.5) is 5.69 Å². The van der Waals surface area contributed by atoms with Gasteiger partial charge >= 0.3 is 0 Å². The molecule has 0 N–H and O–H groups in total. The molecular formula is C14H14ClN3O. The van der Waals surface area contributed by atoms with E-state index in [0.717, 1.165) is 19.5 Å². The Bertz CT molecular complexity index is 549. The molecule has 1 unspecified atom stereocenters. The van der Waals surface area contributed by atoms with Crippen LogP contribution in [0.15, 0.2) is 42.9 Å². The van der Waals surface area contributed by atoms with Gasteiger partial charge < -0.3 is 9.64 Å². The SMILES string of the molecule is Clc1cccnc1OC1CCN(c2ccncc2)C1. The molecule has 1 aliphatic rings. The molecule has 4 nitrogen and oxygen atoms in total. The van der Waals surface area contributed by atoms with Crippen LogP contribution in [0.2, 0.25) is 5.02 Å². The van der Waals surface area contributed by atoms with Gasteiger partial charge in [0.15, 0.2) is 0 Å². The fraction of sp³-hybridized carbons (Fsp3) is 0.286. The Morgan fingerprint density at radius 2 is 2.05 bits per heavy atom. The van der Waals surface area contributed by atoms with Crippen LogP contribution >= 0.6 is 11.6 Å². The fourth-order valence-corrected chi connectivity index (χ4v) is 2.40. The van der Waals surface area contributed by atoms with E-state index in [-0.39, 0.29) is 6.10 Å². The Morgan fingerprint density at radius 3 is 2.84 bits per heavy atom. The van der Waals surface area contributed by atoms with Crippen LogP contribution in [0.25, 0.3) is 0 Å². The summed E-state index contributed by atoms with van der Waals surface area (Å²) in [6, 6.07) is 7.61. The predicted octanol–water partition coefficient (Wildman–Crippen LogP) is 2.79. The molecule has 0 spiro atoms. The molecule has 2 aromatic rings. The summed E-state index contributed by atoms with van der Waals surface area (Å²) in [7, 11) is 0. The third-order valence-corrected chi connectivity index (χ3v) is 3.46. The Morgan fingerprint density at radius 1 is 1.21 bits per heavy atom. The second-order valence-corrected chi connectivity index (χ2v) is 4.88. The molecule has 1 atom stereocenters. The van der Waals surface area contributed by atoms with Crippen molar-refractivity contribution in [2.45, 2.75) is 12.5 Å². The molecular weight excluding hydrogens is 262 g/mol. The minimum atomic E-state index is 0.126. The van der Waals surface area contributed by atoms with Crippen molar-refractivity contribution in [3.63, 3.8) is 0 Å². The lowest BCUT2D eigenvalue weighted by atomic mass is 10.3. The van der Waals surface area contributed by atoms with Crippen LogP contribution in [0, 0.1) is 0 Å². The van der Waals surface area contributed by atoms with Gasteiger partial charge in [-0.2, -0.15) is 0 Å². The number of nitrogens with zero attached hydrogens (tertiary/aromatic N) is 3. The van der Waals surface area contributed by atoms with Gasteiger partial charge in [-0.25, -0.2) is 4.98 Å². The van der Waals surface area contributed by atoms with Crippen molar-refractivity contribution in [3.8, 4) is 5.88 Å². The molecule has 0 amide bonds. The molecule has 1 fully saturated rings. The lowest BCUT2D eigenvalue weighted by Gasteiger charge is -2.18. The molecule has 3 rings (SSSR count). The lowest BCUT2D eigenvalue weighted by molar-refractivity contribution is 0.216. The summed E-state index contributed by atoms with van der Waals surface area (Å²) in [5.74, 6) is 0.519. The van der Waals surface area contributed by atoms with E-state index in [4.69, 9.17) is 16.3 Å². The highest BCUT2D eigenvalue weighted by molar-refractivity contribution is 6.31. The van der Waals surface area contributed by atoms with Crippen LogP contribution in [-0.2, 0) is 0 Å². The quantitative estimate of drug-likeness (QED) is 0.863. The molecule has 0 saturated carbocycles. The molecule has 0 radical (unpaired) electrons. The lowest BCUT2D eigenvalue weighted by Crippen LogP contribution is -2.24. The van der Waals surface area contributed by atoms with Crippen LogP contribution in [0.1, 0.15) is 6.42 Å². The van der Waals surface area contributed by atoms with E-state index in [9.17, 15) is 0 Å². The highest BCUT2D eigenvalue weighted by atomic mass is 35.5. The average Bonchev–Trinajstić information content (AvgIpc) is 2.91. The molecule has 2 aromatic heterocycles. The van der Waals surface area contributed by atoms with Crippen LogP contribution in [0.3, 0.4) is 0 Å². The topological polar surface area (TPSA) is 38.2 Å². The third-order valence-electron chi connectivity index (χ3n) is 3.18. The van der Waals surface area contributed by atoms with Gasteiger partial charge in [-0.1, -0.05) is 11.6 Å². The normalized spacial score (nSPS) is 18.6. The Hall–Kier alpha value is -1.81. The largest absolute Gasteiger partial charge is 0.471 e. The van der Waals surface area contributed by atoms with Crippen molar-refractivity contribution >= 4 is 17.3 Å². The van der Waals surface area contributed by atoms with Crippen molar-refractivity contribution in [3.05, 3.63) is 47.9 Å². The summed E-state index contributed by atoms with van der Waals surface area (Å²) in [5.41, 5.74) is 1.17. The van der Waals surface area contributed by atoms with Gasteiger partial charge in [0.1, 0.15) is 11.1 Å². The Kier molecular flexibility index (Phi) is 3.51. The van der Waals surface area contributed by atoms with Crippen LogP contribution in [-0.4, -0.2) is 29.2 Å². The minimum absolute atomic E-state index is 0.126. The molecule has 19 heavy (non-hydrogen) atoms. The number of rotatable bonds is 3. The smallest absolute Gasteiger partial charge is 0.232 e. The van der Waals surface area contributed by atoms with Crippen molar-refractivity contribution in [1.82, 2.24) is 9.97 Å². The molecule has 5 heteroatoms. The van der Waals surface area contributed by atoms with Crippen molar-refractivity contribution in [2.75, 3.05) is 18.0 Å². The molecule has 1 aliphatic heterocycles. The van der Waals surface area contributed by atoms with Crippen LogP contribution in [0.5, 0.6) is 5.88 Å². The first kappa shape index (κ1) is 12.2. The maximum Gasteiger partial charge on any atom is 0.232 e. The maximum atomic E-state index is 6.05. The number of hydrogen-bond acceptors (Lipinski definition) is 4. The highest BCUT2D eigenvalue weighted by Crippen LogP contribution is 2.26. The van der Waals surface area contributed by atoms with Crippen molar-refractivity contribution < 1.29 is 4.74 Å². The average molecular weight is 276 g/mol. The van der Waals surface area contributed by atoms with E-state index in [1.54, 1.807) is 30.7 Å². The Labute approximate surface area is 117 Å². The minimum Gasteiger partial charge on any atom is -0.471 e. The molecule has 0 aliphatic carbocycles. The first-order chi connectivity index (χ1) is 9.33. The van der Waals surface area contributed by atoms with Gasteiger partial charge in [-0.15, -0.1) is 0 Å². The zero-order chi connectivity index (χ0) is 13.1. The van der Waals surface area contributed by atoms with Crippen molar-refractivity contribution in [1.29, 1.82) is 0 Å². The van der Waals surface area contributed by atoms with Crippen LogP contribution < -0.4 is 9.64 Å². The standard InChI is InChI=1S/C14H14ClN3O/c15-13-2-1-6-17-14(13)19-12-5-9-18(10-12)11-3-7-16-8-4-11/h1-4,6-8,12H,5,9-10H2. The number of pyridine rings is 2. The van der Waals surface area contributed by atoms with E-state index in [1.165, 1.54) is 5.69 Å². The van der Waals surface area contributed by atoms with Gasteiger partial charge in [0.05, 0.1) is 6.54 Å². The summed E-state index contributed by atoms with van der Waals surface area (Å²) in [4.78, 5) is 10.5. The van der Waals surface area contributed by atoms with Gasteiger partial charge in [-0.05, 0) is 24.3 Å². The first-order valence-electron chi connectivity index (χ1n) is 6.25. The number of anilines is 1. The van der Waals surface area contributed by atoms with Gasteiger partial charge in [-0.3, -0.25) is 4.98 Å². The molecule has 1 saturated heterocycles. The van der Waals surface area contributed by atoms with E-state index in [2.05, 4.69) is 14.9 Å². The van der Waals surface area contributed by atoms with Gasteiger partial charge in [0.25, 0.3) is 0 Å². The van der Waals surface area contributed by atoms with E-state index < -0.39 is 0 Å². The zero-order valence-electron chi connectivity index (χ0n) is 10.4. The second kappa shape index (κ2) is 5.45. The highest BCUT2D eigenvalue weighted by Gasteiger charge is 2.25. The third kappa shape index (κ3) is 2.79. The number of aromatic nitrogens is 2. The van der Waals surface area contributed by atoms with E-state index in [0.29, 0.717) is 10.9 Å². The number of hydrogen-bond donors (Lipinski definition) is 0. The molecule has 0 aromatic carbocycles. The fourth-order valence-electron chi connectivity index (χ4n) is 2.23. The monoisotopic (exact) mass is 275 g/mol. The van der Waals surface area contributed by atoms with Gasteiger partial charge in [0, 0.05) is 37.2 Å². The molecule has 98 valence electrons. The summed E-state index contributed by atoms with van der Waals surface area (Å²) in [5, 5.41) is 0.560. The number of halogens is 1.